The molecule has 0 saturated heterocycles. The van der Waals surface area contributed by atoms with E-state index in [0.717, 1.165) is 15.4 Å². The molecule has 0 fully saturated rings. The molecule has 0 aromatic heterocycles. The van der Waals surface area contributed by atoms with Crippen LogP contribution in [0, 0.1) is 6.92 Å². The summed E-state index contributed by atoms with van der Waals surface area (Å²) >= 11 is 13.5. The molecule has 34 heavy (non-hydrogen) atoms. The number of rotatable bonds is 9. The van der Waals surface area contributed by atoms with Crippen molar-refractivity contribution in [2.45, 2.75) is 29.6 Å². The van der Waals surface area contributed by atoms with Crippen molar-refractivity contribution in [3.63, 3.8) is 0 Å². The summed E-state index contributed by atoms with van der Waals surface area (Å²) in [5, 5.41) is 6.54. The Kier molecular flexibility index (Phi) is 9.39. The second-order valence-corrected chi connectivity index (χ2v) is 9.29. The Morgan fingerprint density at radius 2 is 1.38 bits per heavy atom. The Morgan fingerprint density at radius 3 is 2.03 bits per heavy atom. The number of carbonyl (C=O) groups excluding carboxylic acids is 3. The highest BCUT2D eigenvalue weighted by Gasteiger charge is 2.11. The Hall–Kier alpha value is -3.00. The van der Waals surface area contributed by atoms with Crippen molar-refractivity contribution in [3.05, 3.63) is 82.3 Å². The smallest absolute Gasteiger partial charge is 0.306 e. The van der Waals surface area contributed by atoms with E-state index in [1.165, 1.54) is 0 Å². The fourth-order valence-corrected chi connectivity index (χ4v) is 3.89. The van der Waals surface area contributed by atoms with E-state index < -0.39 is 18.5 Å². The molecule has 0 aliphatic heterocycles. The molecule has 2 N–H and O–H groups in total. The number of aryl methyl sites for hydroxylation is 1. The third kappa shape index (κ3) is 8.41. The van der Waals surface area contributed by atoms with Crippen molar-refractivity contribution in [2.24, 2.45) is 0 Å². The summed E-state index contributed by atoms with van der Waals surface area (Å²) in [5.74, 6) is -1.45. The normalized spacial score (nSPS) is 10.4. The van der Waals surface area contributed by atoms with Crippen LogP contribution in [-0.4, -0.2) is 24.4 Å². The predicted molar refractivity (Wildman–Crippen MR) is 136 cm³/mol. The zero-order valence-electron chi connectivity index (χ0n) is 18.3. The van der Waals surface area contributed by atoms with Crippen LogP contribution >= 0.6 is 35.0 Å². The van der Waals surface area contributed by atoms with Crippen LogP contribution in [0.25, 0.3) is 0 Å². The lowest BCUT2D eigenvalue weighted by Gasteiger charge is -2.08. The fourth-order valence-electron chi connectivity index (χ4n) is 2.77. The maximum Gasteiger partial charge on any atom is 0.306 e. The lowest BCUT2D eigenvalue weighted by molar-refractivity contribution is -0.147. The van der Waals surface area contributed by atoms with Gasteiger partial charge in [-0.25, -0.2) is 0 Å². The van der Waals surface area contributed by atoms with Crippen molar-refractivity contribution in [1.82, 2.24) is 0 Å². The third-order valence-electron chi connectivity index (χ3n) is 4.56. The molecular weight excluding hydrogens is 495 g/mol. The molecule has 176 valence electrons. The van der Waals surface area contributed by atoms with E-state index >= 15 is 0 Å². The summed E-state index contributed by atoms with van der Waals surface area (Å²) in [5.41, 5.74) is 2.01. The number of hydrogen-bond acceptors (Lipinski definition) is 5. The minimum Gasteiger partial charge on any atom is -0.456 e. The van der Waals surface area contributed by atoms with Gasteiger partial charge in [-0.05, 0) is 73.2 Å². The first kappa shape index (κ1) is 25.6. The average Bonchev–Trinajstić information content (AvgIpc) is 2.81. The fraction of sp³-hybridized carbons (Fsp3) is 0.160. The molecule has 0 radical (unpaired) electrons. The van der Waals surface area contributed by atoms with Crippen LogP contribution < -0.4 is 10.6 Å². The minimum absolute atomic E-state index is 0.0602. The number of ether oxygens (including phenoxy) is 1. The Morgan fingerprint density at radius 1 is 0.794 bits per heavy atom. The van der Waals surface area contributed by atoms with Gasteiger partial charge in [0.1, 0.15) is 0 Å². The molecule has 0 atom stereocenters. The predicted octanol–water partition coefficient (Wildman–Crippen LogP) is 6.35. The molecule has 9 heteroatoms. The number of esters is 1. The largest absolute Gasteiger partial charge is 0.456 e. The van der Waals surface area contributed by atoms with E-state index in [1.807, 2.05) is 43.3 Å². The standard InChI is InChI=1S/C25H22Cl2N2O4S/c1-16-2-5-19(14-22(16)27)29-24(31)15-33-25(32)13-12-23(30)28-18-6-10-21(11-7-18)34-20-8-3-17(26)4-9-20/h2-11,14H,12-13,15H2,1H3,(H,28,30)(H,29,31). The van der Waals surface area contributed by atoms with Crippen LogP contribution in [0.15, 0.2) is 76.5 Å². The van der Waals surface area contributed by atoms with Crippen molar-refractivity contribution in [1.29, 1.82) is 0 Å². The molecule has 0 aliphatic rings. The van der Waals surface area contributed by atoms with Gasteiger partial charge in [-0.2, -0.15) is 0 Å². The van der Waals surface area contributed by atoms with Crippen LogP contribution in [0.4, 0.5) is 11.4 Å². The number of anilines is 2. The monoisotopic (exact) mass is 516 g/mol. The number of amides is 2. The van der Waals surface area contributed by atoms with Gasteiger partial charge in [-0.15, -0.1) is 0 Å². The number of halogens is 2. The van der Waals surface area contributed by atoms with E-state index in [1.54, 1.807) is 42.1 Å². The highest BCUT2D eigenvalue weighted by atomic mass is 35.5. The molecule has 6 nitrogen and oxygen atoms in total. The number of carbonyl (C=O) groups is 3. The summed E-state index contributed by atoms with van der Waals surface area (Å²) in [7, 11) is 0. The zero-order valence-corrected chi connectivity index (χ0v) is 20.6. The van der Waals surface area contributed by atoms with E-state index in [4.69, 9.17) is 27.9 Å². The Balaban J connectivity index is 1.36. The minimum atomic E-state index is -0.637. The molecule has 3 aromatic rings. The number of benzene rings is 3. The van der Waals surface area contributed by atoms with Crippen molar-refractivity contribution in [2.75, 3.05) is 17.2 Å². The van der Waals surface area contributed by atoms with Gasteiger partial charge in [0.15, 0.2) is 6.61 Å². The summed E-state index contributed by atoms with van der Waals surface area (Å²) in [4.78, 5) is 38.0. The van der Waals surface area contributed by atoms with E-state index in [0.29, 0.717) is 21.4 Å². The van der Waals surface area contributed by atoms with Crippen molar-refractivity contribution >= 4 is 64.1 Å². The van der Waals surface area contributed by atoms with Gasteiger partial charge in [-0.3, -0.25) is 14.4 Å². The first-order valence-corrected chi connectivity index (χ1v) is 11.9. The van der Waals surface area contributed by atoms with E-state index in [-0.39, 0.29) is 18.7 Å². The maximum absolute atomic E-state index is 12.1. The van der Waals surface area contributed by atoms with Gasteiger partial charge in [0.05, 0.1) is 6.42 Å². The van der Waals surface area contributed by atoms with E-state index in [9.17, 15) is 14.4 Å². The third-order valence-corrected chi connectivity index (χ3v) is 6.24. The van der Waals surface area contributed by atoms with Gasteiger partial charge >= 0.3 is 5.97 Å². The summed E-state index contributed by atoms with van der Waals surface area (Å²) in [6.45, 7) is 1.40. The van der Waals surface area contributed by atoms with Crippen LogP contribution in [0.3, 0.4) is 0 Å². The van der Waals surface area contributed by atoms with Gasteiger partial charge in [0.2, 0.25) is 5.91 Å². The van der Waals surface area contributed by atoms with Gasteiger partial charge in [-0.1, -0.05) is 41.0 Å². The van der Waals surface area contributed by atoms with Crippen LogP contribution in [0.1, 0.15) is 18.4 Å². The Labute approximate surface area is 212 Å². The zero-order chi connectivity index (χ0) is 24.5. The summed E-state index contributed by atoms with van der Waals surface area (Å²) < 4.78 is 4.94. The molecular formula is C25H22Cl2N2O4S. The summed E-state index contributed by atoms with van der Waals surface area (Å²) in [6.07, 6.45) is -0.199. The molecule has 3 aromatic carbocycles. The van der Waals surface area contributed by atoms with E-state index in [2.05, 4.69) is 10.6 Å². The quantitative estimate of drug-likeness (QED) is 0.323. The molecule has 3 rings (SSSR count). The van der Waals surface area contributed by atoms with Gasteiger partial charge in [0, 0.05) is 37.6 Å². The summed E-state index contributed by atoms with van der Waals surface area (Å²) in [6, 6.07) is 20.0. The topological polar surface area (TPSA) is 84.5 Å². The second kappa shape index (κ2) is 12.5. The molecule has 0 aliphatic carbocycles. The lowest BCUT2D eigenvalue weighted by Crippen LogP contribution is -2.21. The van der Waals surface area contributed by atoms with Crippen molar-refractivity contribution < 1.29 is 19.1 Å². The molecule has 0 spiro atoms. The molecule has 0 heterocycles. The highest BCUT2D eigenvalue weighted by molar-refractivity contribution is 7.99. The van der Waals surface area contributed by atoms with Gasteiger partial charge in [0.25, 0.3) is 5.91 Å². The number of hydrogen-bond donors (Lipinski definition) is 2. The SMILES string of the molecule is Cc1ccc(NC(=O)COC(=O)CCC(=O)Nc2ccc(Sc3ccc(Cl)cc3)cc2)cc1Cl. The van der Waals surface area contributed by atoms with Crippen LogP contribution in [0.2, 0.25) is 10.0 Å². The lowest BCUT2D eigenvalue weighted by atomic mass is 10.2. The first-order chi connectivity index (χ1) is 16.3. The maximum atomic E-state index is 12.1. The molecule has 2 amide bonds. The first-order valence-electron chi connectivity index (χ1n) is 10.3. The molecule has 0 unspecified atom stereocenters. The van der Waals surface area contributed by atoms with Crippen LogP contribution in [-0.2, 0) is 19.1 Å². The van der Waals surface area contributed by atoms with Gasteiger partial charge < -0.3 is 15.4 Å². The Bertz CT molecular complexity index is 1170. The molecule has 0 bridgehead atoms. The average molecular weight is 517 g/mol. The molecule has 0 saturated carbocycles. The van der Waals surface area contributed by atoms with Crippen LogP contribution in [0.5, 0.6) is 0 Å². The second-order valence-electron chi connectivity index (χ2n) is 7.30. The van der Waals surface area contributed by atoms with Crippen molar-refractivity contribution in [3.8, 4) is 0 Å². The highest BCUT2D eigenvalue weighted by Crippen LogP contribution is 2.29. The number of nitrogens with one attached hydrogen (secondary N) is 2.